The lowest BCUT2D eigenvalue weighted by molar-refractivity contribution is -0.134. The Morgan fingerprint density at radius 3 is 2.43 bits per heavy atom. The third-order valence-corrected chi connectivity index (χ3v) is 5.34. The molecule has 0 saturated carbocycles. The summed E-state index contributed by atoms with van der Waals surface area (Å²) in [6.45, 7) is 1.13. The highest BCUT2D eigenvalue weighted by Crippen LogP contribution is 2.32. The quantitative estimate of drug-likeness (QED) is 0.723. The molecule has 1 aromatic rings. The van der Waals surface area contributed by atoms with Gasteiger partial charge < -0.3 is 15.4 Å². The number of hydrogen-bond acceptors (Lipinski definition) is 6. The second kappa shape index (κ2) is 8.92. The van der Waals surface area contributed by atoms with Gasteiger partial charge in [-0.25, -0.2) is 0 Å². The maximum atomic E-state index is 12.2. The maximum absolute atomic E-state index is 12.2. The van der Waals surface area contributed by atoms with E-state index in [9.17, 15) is 19.2 Å². The van der Waals surface area contributed by atoms with Gasteiger partial charge in [0.1, 0.15) is 12.3 Å². The van der Waals surface area contributed by atoms with Gasteiger partial charge in [0.05, 0.1) is 4.91 Å². The Morgan fingerprint density at radius 1 is 1.11 bits per heavy atom. The van der Waals surface area contributed by atoms with Gasteiger partial charge in [-0.05, 0) is 54.8 Å². The van der Waals surface area contributed by atoms with Crippen molar-refractivity contribution >= 4 is 40.8 Å². The zero-order valence-electron chi connectivity index (χ0n) is 15.3. The molecule has 148 valence electrons. The predicted molar refractivity (Wildman–Crippen MR) is 104 cm³/mol. The molecule has 0 spiro atoms. The van der Waals surface area contributed by atoms with E-state index in [0.29, 0.717) is 11.3 Å². The number of piperidine rings is 1. The van der Waals surface area contributed by atoms with Crippen LogP contribution in [0.2, 0.25) is 0 Å². The lowest BCUT2D eigenvalue weighted by Gasteiger charge is -2.26. The van der Waals surface area contributed by atoms with Gasteiger partial charge in [0.2, 0.25) is 5.91 Å². The molecule has 2 N–H and O–H groups in total. The third-order valence-electron chi connectivity index (χ3n) is 4.44. The topological polar surface area (TPSA) is 110 Å². The number of thioether (sulfide) groups is 1. The highest BCUT2D eigenvalue weighted by Gasteiger charge is 2.35. The minimum Gasteiger partial charge on any atom is -0.484 e. The lowest BCUT2D eigenvalue weighted by Crippen LogP contribution is -2.38. The molecular formula is C19H21N3O5S. The van der Waals surface area contributed by atoms with Crippen molar-refractivity contribution in [2.45, 2.75) is 19.3 Å². The summed E-state index contributed by atoms with van der Waals surface area (Å²) in [7, 11) is 0. The highest BCUT2D eigenvalue weighted by molar-refractivity contribution is 8.18. The Morgan fingerprint density at radius 2 is 1.79 bits per heavy atom. The van der Waals surface area contributed by atoms with Crippen LogP contribution in [0.1, 0.15) is 24.8 Å². The van der Waals surface area contributed by atoms with E-state index < -0.39 is 23.6 Å². The summed E-state index contributed by atoms with van der Waals surface area (Å²) >= 11 is 0.762. The standard InChI is InChI=1S/C19H21N3O5S/c20-16(23)11-22-18(25)15(28-19(22)26)10-13-4-6-14(7-5-13)27-12-17(24)21-8-2-1-3-9-21/h4-7,10H,1-3,8-9,11-12H2,(H2,20,23)/b15-10-. The zero-order chi connectivity index (χ0) is 20.1. The molecule has 28 heavy (non-hydrogen) atoms. The highest BCUT2D eigenvalue weighted by atomic mass is 32.2. The van der Waals surface area contributed by atoms with Gasteiger partial charge in [0.25, 0.3) is 17.1 Å². The summed E-state index contributed by atoms with van der Waals surface area (Å²) in [5.41, 5.74) is 5.75. The summed E-state index contributed by atoms with van der Waals surface area (Å²) < 4.78 is 5.55. The Balaban J connectivity index is 1.57. The van der Waals surface area contributed by atoms with Gasteiger partial charge in [-0.15, -0.1) is 0 Å². The molecular weight excluding hydrogens is 382 g/mol. The van der Waals surface area contributed by atoms with Crippen LogP contribution in [0.5, 0.6) is 5.75 Å². The molecule has 2 aliphatic rings. The van der Waals surface area contributed by atoms with Gasteiger partial charge in [-0.3, -0.25) is 24.1 Å². The van der Waals surface area contributed by atoms with E-state index in [1.165, 1.54) is 0 Å². The monoisotopic (exact) mass is 403 g/mol. The van der Waals surface area contributed by atoms with Gasteiger partial charge in [-0.2, -0.15) is 0 Å². The van der Waals surface area contributed by atoms with E-state index in [4.69, 9.17) is 10.5 Å². The number of carbonyl (C=O) groups is 4. The van der Waals surface area contributed by atoms with Crippen LogP contribution < -0.4 is 10.5 Å². The molecule has 9 heteroatoms. The number of nitrogens with zero attached hydrogens (tertiary/aromatic N) is 2. The van der Waals surface area contributed by atoms with E-state index in [0.717, 1.165) is 49.0 Å². The number of amides is 4. The average Bonchev–Trinajstić information content (AvgIpc) is 2.95. The van der Waals surface area contributed by atoms with Crippen LogP contribution in [0.15, 0.2) is 29.2 Å². The minimum atomic E-state index is -0.746. The van der Waals surface area contributed by atoms with E-state index >= 15 is 0 Å². The number of benzene rings is 1. The summed E-state index contributed by atoms with van der Waals surface area (Å²) in [6.07, 6.45) is 4.79. The summed E-state index contributed by atoms with van der Waals surface area (Å²) in [5.74, 6) is -0.762. The van der Waals surface area contributed by atoms with Crippen LogP contribution in [0, 0.1) is 0 Å². The number of hydrogen-bond donors (Lipinski definition) is 1. The number of carbonyl (C=O) groups excluding carboxylic acids is 4. The molecule has 0 bridgehead atoms. The Hall–Kier alpha value is -2.81. The fraction of sp³-hybridized carbons (Fsp3) is 0.368. The first-order chi connectivity index (χ1) is 13.4. The van der Waals surface area contributed by atoms with Crippen LogP contribution in [0.4, 0.5) is 4.79 Å². The summed E-state index contributed by atoms with van der Waals surface area (Å²) in [5, 5.41) is -0.522. The first-order valence-corrected chi connectivity index (χ1v) is 9.80. The van der Waals surface area contributed by atoms with Gasteiger partial charge in [0, 0.05) is 13.1 Å². The van der Waals surface area contributed by atoms with Crippen LogP contribution in [0.25, 0.3) is 6.08 Å². The molecule has 2 heterocycles. The molecule has 8 nitrogen and oxygen atoms in total. The molecule has 0 atom stereocenters. The Kier molecular flexibility index (Phi) is 6.35. The van der Waals surface area contributed by atoms with Crippen molar-refractivity contribution in [3.8, 4) is 5.75 Å². The fourth-order valence-corrected chi connectivity index (χ4v) is 3.82. The third kappa shape index (κ3) is 4.92. The number of imide groups is 1. The van der Waals surface area contributed by atoms with Crippen LogP contribution in [-0.2, 0) is 14.4 Å². The second-order valence-electron chi connectivity index (χ2n) is 6.53. The average molecular weight is 403 g/mol. The van der Waals surface area contributed by atoms with Crippen molar-refractivity contribution in [3.05, 3.63) is 34.7 Å². The molecule has 4 amide bonds. The van der Waals surface area contributed by atoms with Crippen molar-refractivity contribution in [2.75, 3.05) is 26.2 Å². The van der Waals surface area contributed by atoms with Crippen molar-refractivity contribution in [1.82, 2.24) is 9.80 Å². The predicted octanol–water partition coefficient (Wildman–Crippen LogP) is 1.60. The largest absolute Gasteiger partial charge is 0.484 e. The van der Waals surface area contributed by atoms with Crippen LogP contribution >= 0.6 is 11.8 Å². The van der Waals surface area contributed by atoms with E-state index in [-0.39, 0.29) is 17.4 Å². The van der Waals surface area contributed by atoms with Crippen molar-refractivity contribution in [1.29, 1.82) is 0 Å². The number of primary amides is 1. The van der Waals surface area contributed by atoms with Gasteiger partial charge >= 0.3 is 0 Å². The number of likely N-dealkylation sites (tertiary alicyclic amines) is 1. The molecule has 2 aliphatic heterocycles. The van der Waals surface area contributed by atoms with E-state index in [1.54, 1.807) is 30.3 Å². The SMILES string of the molecule is NC(=O)CN1C(=O)S/C(=C\c2ccc(OCC(=O)N3CCCCC3)cc2)C1=O. The summed E-state index contributed by atoms with van der Waals surface area (Å²) in [4.78, 5) is 50.0. The molecule has 2 saturated heterocycles. The zero-order valence-corrected chi connectivity index (χ0v) is 16.1. The molecule has 2 fully saturated rings. The van der Waals surface area contributed by atoms with Crippen molar-refractivity contribution < 1.29 is 23.9 Å². The molecule has 3 rings (SSSR count). The van der Waals surface area contributed by atoms with Gasteiger partial charge in [-0.1, -0.05) is 12.1 Å². The van der Waals surface area contributed by atoms with Crippen LogP contribution in [0.3, 0.4) is 0 Å². The Bertz CT molecular complexity index is 815. The smallest absolute Gasteiger partial charge is 0.294 e. The Labute approximate surface area is 166 Å². The number of nitrogens with two attached hydrogens (primary N) is 1. The molecule has 1 aromatic carbocycles. The van der Waals surface area contributed by atoms with Crippen LogP contribution in [-0.4, -0.2) is 59.0 Å². The molecule has 0 aliphatic carbocycles. The molecule has 0 radical (unpaired) electrons. The number of ether oxygens (including phenoxy) is 1. The fourth-order valence-electron chi connectivity index (χ4n) is 2.98. The molecule has 0 aromatic heterocycles. The first-order valence-electron chi connectivity index (χ1n) is 8.98. The maximum Gasteiger partial charge on any atom is 0.294 e. The first kappa shape index (κ1) is 19.9. The molecule has 0 unspecified atom stereocenters. The second-order valence-corrected chi connectivity index (χ2v) is 7.53. The summed E-state index contributed by atoms with van der Waals surface area (Å²) in [6, 6.07) is 6.84. The minimum absolute atomic E-state index is 0.00858. The van der Waals surface area contributed by atoms with Gasteiger partial charge in [0.15, 0.2) is 6.61 Å². The number of rotatable bonds is 6. The lowest BCUT2D eigenvalue weighted by atomic mass is 10.1. The normalized spacial score (nSPS) is 18.6. The van der Waals surface area contributed by atoms with E-state index in [2.05, 4.69) is 0 Å². The van der Waals surface area contributed by atoms with E-state index in [1.807, 2.05) is 4.90 Å². The van der Waals surface area contributed by atoms with Crippen molar-refractivity contribution in [3.63, 3.8) is 0 Å². The van der Waals surface area contributed by atoms with Crippen molar-refractivity contribution in [2.24, 2.45) is 5.73 Å².